The summed E-state index contributed by atoms with van der Waals surface area (Å²) in [6.07, 6.45) is 2.91. The van der Waals surface area contributed by atoms with E-state index >= 15 is 0 Å². The molecule has 1 aliphatic heterocycles. The second-order valence-electron chi connectivity index (χ2n) is 3.06. The quantitative estimate of drug-likeness (QED) is 0.669. The van der Waals surface area contributed by atoms with E-state index in [2.05, 4.69) is 5.32 Å². The minimum atomic E-state index is -0.215. The van der Waals surface area contributed by atoms with Crippen LogP contribution in [0.15, 0.2) is 0 Å². The summed E-state index contributed by atoms with van der Waals surface area (Å²) >= 11 is 2.01. The lowest BCUT2D eigenvalue weighted by Crippen LogP contribution is -2.34. The maximum atomic E-state index is 10.4. The average Bonchev–Trinajstić information content (AvgIpc) is 2.05. The van der Waals surface area contributed by atoms with Crippen molar-refractivity contribution in [2.45, 2.75) is 25.3 Å². The first-order chi connectivity index (χ1) is 5.79. The van der Waals surface area contributed by atoms with Crippen LogP contribution in [-0.2, 0) is 4.79 Å². The van der Waals surface area contributed by atoms with Crippen molar-refractivity contribution in [2.24, 2.45) is 5.73 Å². The van der Waals surface area contributed by atoms with Crippen LogP contribution in [0.1, 0.15) is 19.3 Å². The Morgan fingerprint density at radius 3 is 2.75 bits per heavy atom. The van der Waals surface area contributed by atoms with E-state index in [1.54, 1.807) is 0 Å². The number of carbonyl (C=O) groups is 1. The number of hydrogen-bond acceptors (Lipinski definition) is 3. The molecule has 1 heterocycles. The van der Waals surface area contributed by atoms with Crippen molar-refractivity contribution >= 4 is 17.7 Å². The van der Waals surface area contributed by atoms with Crippen LogP contribution >= 0.6 is 11.8 Å². The molecular formula is C8H16N2OS. The van der Waals surface area contributed by atoms with Gasteiger partial charge in [0.25, 0.3) is 0 Å². The van der Waals surface area contributed by atoms with Gasteiger partial charge in [0.1, 0.15) is 0 Å². The van der Waals surface area contributed by atoms with E-state index in [-0.39, 0.29) is 5.91 Å². The summed E-state index contributed by atoms with van der Waals surface area (Å²) in [5.74, 6) is 2.27. The van der Waals surface area contributed by atoms with Crippen molar-refractivity contribution < 1.29 is 4.79 Å². The van der Waals surface area contributed by atoms with Crippen LogP contribution in [-0.4, -0.2) is 30.0 Å². The van der Waals surface area contributed by atoms with E-state index in [1.807, 2.05) is 11.8 Å². The molecular weight excluding hydrogens is 172 g/mol. The molecule has 1 saturated heterocycles. The number of hydrogen-bond donors (Lipinski definition) is 2. The minimum absolute atomic E-state index is 0.215. The number of rotatable bonds is 4. The molecule has 4 heteroatoms. The van der Waals surface area contributed by atoms with Gasteiger partial charge in [-0.2, -0.15) is 11.8 Å². The number of carbonyl (C=O) groups excluding carboxylic acids is 1. The molecule has 3 N–H and O–H groups in total. The Kier molecular flexibility index (Phi) is 4.46. The van der Waals surface area contributed by atoms with E-state index in [1.165, 1.54) is 24.3 Å². The topological polar surface area (TPSA) is 55.1 Å². The van der Waals surface area contributed by atoms with Gasteiger partial charge in [0.2, 0.25) is 5.91 Å². The van der Waals surface area contributed by atoms with E-state index in [4.69, 9.17) is 5.73 Å². The molecule has 1 aliphatic rings. The number of nitrogens with one attached hydrogen (secondary N) is 1. The Labute approximate surface area is 77.5 Å². The third-order valence-corrected chi connectivity index (χ3v) is 3.07. The highest BCUT2D eigenvalue weighted by atomic mass is 32.2. The van der Waals surface area contributed by atoms with Gasteiger partial charge in [-0.1, -0.05) is 0 Å². The molecule has 0 spiro atoms. The minimum Gasteiger partial charge on any atom is -0.370 e. The maximum Gasteiger partial charge on any atom is 0.218 e. The maximum absolute atomic E-state index is 10.4. The first-order valence-electron chi connectivity index (χ1n) is 4.38. The summed E-state index contributed by atoms with van der Waals surface area (Å²) in [6, 6.07) is 0.616. The second kappa shape index (κ2) is 5.43. The molecule has 0 aromatic rings. The number of primary amides is 1. The lowest BCUT2D eigenvalue weighted by atomic mass is 10.1. The van der Waals surface area contributed by atoms with Crippen molar-refractivity contribution in [1.29, 1.82) is 0 Å². The van der Waals surface area contributed by atoms with Crippen molar-refractivity contribution in [1.82, 2.24) is 5.32 Å². The molecule has 0 aliphatic carbocycles. The number of nitrogens with two attached hydrogens (primary N) is 1. The second-order valence-corrected chi connectivity index (χ2v) is 4.28. The van der Waals surface area contributed by atoms with Crippen LogP contribution in [0.2, 0.25) is 0 Å². The highest BCUT2D eigenvalue weighted by Crippen LogP contribution is 2.16. The number of thioether (sulfide) groups is 1. The van der Waals surface area contributed by atoms with Gasteiger partial charge >= 0.3 is 0 Å². The molecule has 0 aromatic carbocycles. The fourth-order valence-electron chi connectivity index (χ4n) is 1.30. The van der Waals surface area contributed by atoms with Crippen LogP contribution in [0.5, 0.6) is 0 Å². The fraction of sp³-hybridized carbons (Fsp3) is 0.875. The van der Waals surface area contributed by atoms with Crippen LogP contribution in [0.25, 0.3) is 0 Å². The molecule has 1 rings (SSSR count). The molecule has 0 radical (unpaired) electrons. The average molecular weight is 188 g/mol. The predicted molar refractivity (Wildman–Crippen MR) is 52.2 cm³/mol. The normalized spacial score (nSPS) is 19.3. The van der Waals surface area contributed by atoms with Crippen molar-refractivity contribution in [3.63, 3.8) is 0 Å². The Morgan fingerprint density at radius 2 is 2.17 bits per heavy atom. The third-order valence-electron chi connectivity index (χ3n) is 2.03. The largest absolute Gasteiger partial charge is 0.370 e. The van der Waals surface area contributed by atoms with Gasteiger partial charge in [-0.05, 0) is 24.3 Å². The Bertz CT molecular complexity index is 146. The molecule has 0 bridgehead atoms. The summed E-state index contributed by atoms with van der Waals surface area (Å²) in [5.41, 5.74) is 5.03. The summed E-state index contributed by atoms with van der Waals surface area (Å²) in [7, 11) is 0. The highest BCUT2D eigenvalue weighted by molar-refractivity contribution is 7.99. The molecule has 0 aromatic heterocycles. The van der Waals surface area contributed by atoms with Gasteiger partial charge in [0, 0.05) is 19.0 Å². The monoisotopic (exact) mass is 188 g/mol. The van der Waals surface area contributed by atoms with Crippen molar-refractivity contribution in [2.75, 3.05) is 18.1 Å². The smallest absolute Gasteiger partial charge is 0.218 e. The molecule has 12 heavy (non-hydrogen) atoms. The molecule has 3 nitrogen and oxygen atoms in total. The van der Waals surface area contributed by atoms with Gasteiger partial charge in [0.15, 0.2) is 0 Å². The first-order valence-corrected chi connectivity index (χ1v) is 5.54. The summed E-state index contributed by atoms with van der Waals surface area (Å²) < 4.78 is 0. The van der Waals surface area contributed by atoms with E-state index in [9.17, 15) is 4.79 Å². The van der Waals surface area contributed by atoms with Gasteiger partial charge in [0.05, 0.1) is 0 Å². The van der Waals surface area contributed by atoms with Crippen molar-refractivity contribution in [3.8, 4) is 0 Å². The SMILES string of the molecule is NC(=O)CCNC1CCSCC1. The zero-order valence-corrected chi connectivity index (χ0v) is 8.03. The fourth-order valence-corrected chi connectivity index (χ4v) is 2.41. The molecule has 0 unspecified atom stereocenters. The summed E-state index contributed by atoms with van der Waals surface area (Å²) in [5, 5.41) is 3.34. The predicted octanol–water partition coefficient (Wildman–Crippen LogP) is 0.347. The molecule has 70 valence electrons. The summed E-state index contributed by atoms with van der Waals surface area (Å²) in [6.45, 7) is 0.741. The molecule has 0 atom stereocenters. The standard InChI is InChI=1S/C8H16N2OS/c9-8(11)1-4-10-7-2-5-12-6-3-7/h7,10H,1-6H2,(H2,9,11). The zero-order chi connectivity index (χ0) is 8.81. The van der Waals surface area contributed by atoms with Crippen LogP contribution in [0.4, 0.5) is 0 Å². The molecule has 1 amide bonds. The lowest BCUT2D eigenvalue weighted by molar-refractivity contribution is -0.117. The number of amides is 1. The van der Waals surface area contributed by atoms with Crippen LogP contribution < -0.4 is 11.1 Å². The first kappa shape index (κ1) is 9.86. The Balaban J connectivity index is 2.01. The molecule has 0 saturated carbocycles. The van der Waals surface area contributed by atoms with Gasteiger partial charge in [-0.25, -0.2) is 0 Å². The Hall–Kier alpha value is -0.220. The van der Waals surface area contributed by atoms with Gasteiger partial charge < -0.3 is 11.1 Å². The van der Waals surface area contributed by atoms with Crippen molar-refractivity contribution in [3.05, 3.63) is 0 Å². The molecule has 1 fully saturated rings. The van der Waals surface area contributed by atoms with E-state index in [0.717, 1.165) is 6.54 Å². The van der Waals surface area contributed by atoms with E-state index in [0.29, 0.717) is 12.5 Å². The lowest BCUT2D eigenvalue weighted by Gasteiger charge is -2.22. The van der Waals surface area contributed by atoms with E-state index < -0.39 is 0 Å². The highest BCUT2D eigenvalue weighted by Gasteiger charge is 2.12. The van der Waals surface area contributed by atoms with Gasteiger partial charge in [-0.15, -0.1) is 0 Å². The zero-order valence-electron chi connectivity index (χ0n) is 7.21. The van der Waals surface area contributed by atoms with Crippen LogP contribution in [0, 0.1) is 0 Å². The van der Waals surface area contributed by atoms with Gasteiger partial charge in [-0.3, -0.25) is 4.79 Å². The van der Waals surface area contributed by atoms with Crippen LogP contribution in [0.3, 0.4) is 0 Å². The third kappa shape index (κ3) is 3.97. The Morgan fingerprint density at radius 1 is 1.50 bits per heavy atom. The summed E-state index contributed by atoms with van der Waals surface area (Å²) in [4.78, 5) is 10.4.